The molecule has 1 saturated heterocycles. The fraction of sp³-hybridized carbons (Fsp3) is 0.263. The first-order valence-corrected chi connectivity index (χ1v) is 8.47. The topological polar surface area (TPSA) is 78.6 Å². The average molecular weight is 355 g/mol. The van der Waals surface area contributed by atoms with Crippen LogP contribution in [0.3, 0.4) is 0 Å². The van der Waals surface area contributed by atoms with E-state index in [1.165, 1.54) is 12.1 Å². The van der Waals surface area contributed by atoms with E-state index in [-0.39, 0.29) is 5.92 Å². The lowest BCUT2D eigenvalue weighted by atomic mass is 9.96. The van der Waals surface area contributed by atoms with E-state index >= 15 is 0 Å². The minimum Gasteiger partial charge on any atom is -0.505 e. The second-order valence-corrected chi connectivity index (χ2v) is 6.53. The third-order valence-corrected chi connectivity index (χ3v) is 4.94. The third-order valence-electron chi connectivity index (χ3n) is 4.94. The Kier molecular flexibility index (Phi) is 3.99. The van der Waals surface area contributed by atoms with Gasteiger partial charge in [-0.15, -0.1) is 0 Å². The Hall–Kier alpha value is -3.09. The highest BCUT2D eigenvalue weighted by atomic mass is 19.1. The van der Waals surface area contributed by atoms with Crippen molar-refractivity contribution in [3.8, 4) is 11.4 Å². The molecule has 0 spiro atoms. The molecule has 3 aromatic rings. The molecule has 4 rings (SSSR count). The summed E-state index contributed by atoms with van der Waals surface area (Å²) >= 11 is 0. The second-order valence-electron chi connectivity index (χ2n) is 6.53. The van der Waals surface area contributed by atoms with Crippen LogP contribution in [-0.2, 0) is 4.79 Å². The number of nitrogens with zero attached hydrogens (tertiary/aromatic N) is 3. The lowest BCUT2D eigenvalue weighted by Crippen LogP contribution is -2.36. The fourth-order valence-corrected chi connectivity index (χ4v) is 3.44. The van der Waals surface area contributed by atoms with Crippen molar-refractivity contribution in [3.05, 3.63) is 48.4 Å². The lowest BCUT2D eigenvalue weighted by Gasteiger charge is -2.32. The number of carboxylic acids is 1. The van der Waals surface area contributed by atoms with Gasteiger partial charge in [0.05, 0.1) is 23.3 Å². The predicted molar refractivity (Wildman–Crippen MR) is 95.3 cm³/mol. The molecule has 7 heteroatoms. The van der Waals surface area contributed by atoms with Crippen LogP contribution in [-0.4, -0.2) is 39.1 Å². The number of aromatic hydroxyl groups is 1. The fourth-order valence-electron chi connectivity index (χ4n) is 3.44. The molecule has 6 nitrogen and oxygen atoms in total. The molecule has 0 saturated carbocycles. The van der Waals surface area contributed by atoms with E-state index < -0.39 is 17.5 Å². The summed E-state index contributed by atoms with van der Waals surface area (Å²) in [5, 5.41) is 24.0. The number of hydrogen-bond donors (Lipinski definition) is 2. The molecule has 1 aliphatic heterocycles. The Balaban J connectivity index is 1.61. The van der Waals surface area contributed by atoms with Crippen LogP contribution in [0.2, 0.25) is 0 Å². The summed E-state index contributed by atoms with van der Waals surface area (Å²) in [6, 6.07) is 10.0. The molecule has 0 unspecified atom stereocenters. The summed E-state index contributed by atoms with van der Waals surface area (Å²) in [6.07, 6.45) is 3.01. The molecule has 1 aromatic heterocycles. The summed E-state index contributed by atoms with van der Waals surface area (Å²) in [5.74, 6) is -2.06. The van der Waals surface area contributed by atoms with Crippen LogP contribution in [0.15, 0.2) is 42.6 Å². The van der Waals surface area contributed by atoms with Crippen molar-refractivity contribution in [2.24, 2.45) is 5.92 Å². The summed E-state index contributed by atoms with van der Waals surface area (Å²) in [6.45, 7) is 1.42. The third kappa shape index (κ3) is 2.85. The molecule has 134 valence electrons. The van der Waals surface area contributed by atoms with Crippen molar-refractivity contribution >= 4 is 22.6 Å². The normalized spacial score (nSPS) is 15.5. The van der Waals surface area contributed by atoms with E-state index in [1.54, 1.807) is 16.9 Å². The zero-order valence-electron chi connectivity index (χ0n) is 14.0. The summed E-state index contributed by atoms with van der Waals surface area (Å²) in [4.78, 5) is 13.3. The van der Waals surface area contributed by atoms with E-state index in [9.17, 15) is 14.3 Å². The molecule has 1 aliphatic rings. The largest absolute Gasteiger partial charge is 0.505 e. The maximum atomic E-state index is 13.3. The zero-order valence-corrected chi connectivity index (χ0v) is 14.0. The van der Waals surface area contributed by atoms with Crippen LogP contribution in [0, 0.1) is 11.7 Å². The summed E-state index contributed by atoms with van der Waals surface area (Å²) in [7, 11) is 0. The highest BCUT2D eigenvalue weighted by Crippen LogP contribution is 2.28. The molecule has 26 heavy (non-hydrogen) atoms. The number of aliphatic carboxylic acids is 1. The molecule has 2 heterocycles. The van der Waals surface area contributed by atoms with E-state index in [0.717, 1.165) is 16.6 Å². The monoisotopic (exact) mass is 355 g/mol. The summed E-state index contributed by atoms with van der Waals surface area (Å²) < 4.78 is 14.9. The highest BCUT2D eigenvalue weighted by molar-refractivity contribution is 5.84. The van der Waals surface area contributed by atoms with Crippen LogP contribution < -0.4 is 4.90 Å². The first-order valence-electron chi connectivity index (χ1n) is 8.47. The van der Waals surface area contributed by atoms with Crippen molar-refractivity contribution in [3.63, 3.8) is 0 Å². The Morgan fingerprint density at radius 3 is 2.54 bits per heavy atom. The summed E-state index contributed by atoms with van der Waals surface area (Å²) in [5.41, 5.74) is 2.46. The smallest absolute Gasteiger partial charge is 0.306 e. The number of piperidine rings is 1. The van der Waals surface area contributed by atoms with Crippen molar-refractivity contribution in [1.29, 1.82) is 0 Å². The number of carbonyl (C=O) groups is 1. The van der Waals surface area contributed by atoms with E-state index in [1.807, 2.05) is 18.2 Å². The first-order chi connectivity index (χ1) is 12.5. The number of benzene rings is 2. The second kappa shape index (κ2) is 6.33. The molecule has 0 bridgehead atoms. The van der Waals surface area contributed by atoms with Gasteiger partial charge in [-0.3, -0.25) is 4.79 Å². The number of hydrogen-bond acceptors (Lipinski definition) is 4. The number of phenolic OH excluding ortho intramolecular Hbond substituents is 1. The Morgan fingerprint density at radius 1 is 1.12 bits per heavy atom. The van der Waals surface area contributed by atoms with Crippen molar-refractivity contribution in [2.75, 3.05) is 18.0 Å². The SMILES string of the molecule is O=C(O)C1CCN(c2ccc3c(cnn3-c3ccc(F)c(O)c3)c2)CC1. The predicted octanol–water partition coefficient (Wildman–Crippen LogP) is 3.17. The number of aromatic nitrogens is 2. The van der Waals surface area contributed by atoms with Gasteiger partial charge in [0.1, 0.15) is 0 Å². The maximum Gasteiger partial charge on any atom is 0.306 e. The Bertz CT molecular complexity index is 977. The molecule has 2 N–H and O–H groups in total. The highest BCUT2D eigenvalue weighted by Gasteiger charge is 2.24. The van der Waals surface area contributed by atoms with Gasteiger partial charge in [0.25, 0.3) is 0 Å². The molecule has 0 amide bonds. The van der Waals surface area contributed by atoms with Gasteiger partial charge in [0.2, 0.25) is 0 Å². The standard InChI is InChI=1S/C19H18FN3O3/c20-16-3-1-15(10-18(16)24)23-17-4-2-14(9-13(17)11-21-23)22-7-5-12(6-8-22)19(25)26/h1-4,9-12,24H,5-8H2,(H,25,26). The van der Waals surface area contributed by atoms with Crippen LogP contribution in [0.1, 0.15) is 12.8 Å². The van der Waals surface area contributed by atoms with Gasteiger partial charge in [0.15, 0.2) is 11.6 Å². The Morgan fingerprint density at radius 2 is 1.85 bits per heavy atom. The maximum absolute atomic E-state index is 13.3. The number of halogens is 1. The number of phenols is 1. The molecule has 0 aliphatic carbocycles. The minimum absolute atomic E-state index is 0.260. The van der Waals surface area contributed by atoms with E-state index in [0.29, 0.717) is 31.6 Å². The van der Waals surface area contributed by atoms with Gasteiger partial charge < -0.3 is 15.1 Å². The molecule has 2 aromatic carbocycles. The van der Waals surface area contributed by atoms with E-state index in [2.05, 4.69) is 10.00 Å². The van der Waals surface area contributed by atoms with Gasteiger partial charge in [-0.05, 0) is 43.2 Å². The van der Waals surface area contributed by atoms with Crippen molar-refractivity contribution in [1.82, 2.24) is 9.78 Å². The van der Waals surface area contributed by atoms with Crippen molar-refractivity contribution in [2.45, 2.75) is 12.8 Å². The molecule has 1 fully saturated rings. The van der Waals surface area contributed by atoms with Crippen LogP contribution in [0.5, 0.6) is 5.75 Å². The molecule has 0 atom stereocenters. The molecule has 0 radical (unpaired) electrons. The Labute approximate surface area is 149 Å². The number of fused-ring (bicyclic) bond motifs is 1. The van der Waals surface area contributed by atoms with Gasteiger partial charge in [0, 0.05) is 30.2 Å². The quantitative estimate of drug-likeness (QED) is 0.754. The number of anilines is 1. The van der Waals surface area contributed by atoms with Gasteiger partial charge in [-0.1, -0.05) is 0 Å². The van der Waals surface area contributed by atoms with Crippen LogP contribution in [0.4, 0.5) is 10.1 Å². The lowest BCUT2D eigenvalue weighted by molar-refractivity contribution is -0.142. The minimum atomic E-state index is -0.719. The zero-order chi connectivity index (χ0) is 18.3. The van der Waals surface area contributed by atoms with Crippen LogP contribution >= 0.6 is 0 Å². The first kappa shape index (κ1) is 16.4. The molecular formula is C19H18FN3O3. The van der Waals surface area contributed by atoms with Gasteiger partial charge >= 0.3 is 5.97 Å². The van der Waals surface area contributed by atoms with E-state index in [4.69, 9.17) is 5.11 Å². The van der Waals surface area contributed by atoms with Gasteiger partial charge in [-0.25, -0.2) is 9.07 Å². The van der Waals surface area contributed by atoms with Crippen LogP contribution in [0.25, 0.3) is 16.6 Å². The number of carboxylic acid groups (broad SMARTS) is 1. The molecular weight excluding hydrogens is 337 g/mol. The number of rotatable bonds is 3. The average Bonchev–Trinajstić information content (AvgIpc) is 3.07. The van der Waals surface area contributed by atoms with Gasteiger partial charge in [-0.2, -0.15) is 5.10 Å². The van der Waals surface area contributed by atoms with Crippen molar-refractivity contribution < 1.29 is 19.4 Å².